The molecule has 1 unspecified atom stereocenters. The molecule has 0 aliphatic carbocycles. The van der Waals surface area contributed by atoms with Crippen molar-refractivity contribution in [1.29, 1.82) is 0 Å². The lowest BCUT2D eigenvalue weighted by atomic mass is 9.98. The monoisotopic (exact) mass is 357 g/mol. The van der Waals surface area contributed by atoms with Crippen molar-refractivity contribution in [2.45, 2.75) is 25.9 Å². The Labute approximate surface area is 150 Å². The van der Waals surface area contributed by atoms with Gasteiger partial charge in [-0.2, -0.15) is 0 Å². The summed E-state index contributed by atoms with van der Waals surface area (Å²) >= 11 is 0. The SMILES string of the molecule is CNC(=O)C1Cc2c([nH]c3ccccc23)CN1.Cc1cc(F)cc(F)c1. The molecule has 0 bridgehead atoms. The van der Waals surface area contributed by atoms with E-state index in [9.17, 15) is 13.6 Å². The van der Waals surface area contributed by atoms with Crippen LogP contribution in [0, 0.1) is 18.6 Å². The Kier molecular flexibility index (Phi) is 5.32. The summed E-state index contributed by atoms with van der Waals surface area (Å²) in [6.45, 7) is 2.37. The molecule has 1 aromatic heterocycles. The second kappa shape index (κ2) is 7.66. The molecule has 3 aromatic rings. The number of rotatable bonds is 1. The van der Waals surface area contributed by atoms with E-state index in [-0.39, 0.29) is 11.9 Å². The Morgan fingerprint density at radius 3 is 2.50 bits per heavy atom. The summed E-state index contributed by atoms with van der Waals surface area (Å²) in [5.41, 5.74) is 4.23. The topological polar surface area (TPSA) is 56.9 Å². The van der Waals surface area contributed by atoms with E-state index in [1.165, 1.54) is 28.8 Å². The fourth-order valence-electron chi connectivity index (χ4n) is 3.19. The summed E-state index contributed by atoms with van der Waals surface area (Å²) < 4.78 is 24.4. The van der Waals surface area contributed by atoms with E-state index in [0.717, 1.165) is 24.5 Å². The lowest BCUT2D eigenvalue weighted by Crippen LogP contribution is -2.46. The Morgan fingerprint density at radius 1 is 1.15 bits per heavy atom. The van der Waals surface area contributed by atoms with Gasteiger partial charge in [0.15, 0.2) is 0 Å². The number of para-hydroxylation sites is 1. The van der Waals surface area contributed by atoms with E-state index in [1.807, 2.05) is 12.1 Å². The molecule has 26 heavy (non-hydrogen) atoms. The molecule has 136 valence electrons. The van der Waals surface area contributed by atoms with E-state index < -0.39 is 11.6 Å². The van der Waals surface area contributed by atoms with Crippen LogP contribution in [0.25, 0.3) is 10.9 Å². The van der Waals surface area contributed by atoms with E-state index in [0.29, 0.717) is 5.56 Å². The van der Waals surface area contributed by atoms with Crippen LogP contribution in [-0.4, -0.2) is 24.0 Å². The number of fused-ring (bicyclic) bond motifs is 3. The van der Waals surface area contributed by atoms with Gasteiger partial charge in [-0.25, -0.2) is 8.78 Å². The average Bonchev–Trinajstić information content (AvgIpc) is 2.98. The third kappa shape index (κ3) is 3.91. The van der Waals surface area contributed by atoms with Crippen LogP contribution in [0.15, 0.2) is 42.5 Å². The van der Waals surface area contributed by atoms with Crippen LogP contribution in [0.2, 0.25) is 0 Å². The van der Waals surface area contributed by atoms with Crippen molar-refractivity contribution in [2.24, 2.45) is 0 Å². The Bertz CT molecular complexity index is 885. The molecule has 1 aliphatic heterocycles. The van der Waals surface area contributed by atoms with Gasteiger partial charge in [-0.05, 0) is 42.7 Å². The number of carbonyl (C=O) groups excluding carboxylic acids is 1. The zero-order valence-electron chi connectivity index (χ0n) is 14.7. The molecular weight excluding hydrogens is 336 g/mol. The molecule has 6 heteroatoms. The number of aryl methyl sites for hydroxylation is 1. The van der Waals surface area contributed by atoms with E-state index in [4.69, 9.17) is 0 Å². The Hall–Kier alpha value is -2.73. The number of amides is 1. The highest BCUT2D eigenvalue weighted by Crippen LogP contribution is 2.26. The highest BCUT2D eigenvalue weighted by atomic mass is 19.1. The van der Waals surface area contributed by atoms with Crippen LogP contribution in [0.5, 0.6) is 0 Å². The van der Waals surface area contributed by atoms with Crippen LogP contribution in [-0.2, 0) is 17.8 Å². The summed E-state index contributed by atoms with van der Waals surface area (Å²) in [6.07, 6.45) is 0.749. The first-order valence-corrected chi connectivity index (χ1v) is 8.44. The Morgan fingerprint density at radius 2 is 1.85 bits per heavy atom. The number of aromatic amines is 1. The molecule has 0 saturated heterocycles. The molecule has 2 aromatic carbocycles. The number of carbonyl (C=O) groups is 1. The fourth-order valence-corrected chi connectivity index (χ4v) is 3.19. The van der Waals surface area contributed by atoms with Gasteiger partial charge in [0.1, 0.15) is 11.6 Å². The van der Waals surface area contributed by atoms with Gasteiger partial charge in [-0.1, -0.05) is 18.2 Å². The van der Waals surface area contributed by atoms with E-state index >= 15 is 0 Å². The molecule has 1 atom stereocenters. The van der Waals surface area contributed by atoms with Crippen molar-refractivity contribution in [3.8, 4) is 0 Å². The number of aromatic nitrogens is 1. The maximum Gasteiger partial charge on any atom is 0.237 e. The standard InChI is InChI=1S/C13H15N3O.C7H6F2/c1-14-13(17)11-6-9-8-4-2-3-5-10(8)16-12(9)7-15-11;1-5-2-6(8)4-7(9)3-5/h2-5,11,15-16H,6-7H2,1H3,(H,14,17);2-4H,1H3. The largest absolute Gasteiger partial charge is 0.358 e. The number of halogens is 2. The van der Waals surface area contributed by atoms with Crippen LogP contribution >= 0.6 is 0 Å². The highest BCUT2D eigenvalue weighted by Gasteiger charge is 2.25. The minimum atomic E-state index is -0.521. The number of H-pyrrole nitrogens is 1. The smallest absolute Gasteiger partial charge is 0.237 e. The summed E-state index contributed by atoms with van der Waals surface area (Å²) in [7, 11) is 1.68. The normalized spacial score (nSPS) is 15.8. The van der Waals surface area contributed by atoms with Crippen LogP contribution in [0.4, 0.5) is 8.78 Å². The predicted molar refractivity (Wildman–Crippen MR) is 97.8 cm³/mol. The van der Waals surface area contributed by atoms with Gasteiger partial charge in [-0.3, -0.25) is 10.1 Å². The molecule has 0 radical (unpaired) electrons. The number of likely N-dealkylation sites (N-methyl/N-ethyl adjacent to an activating group) is 1. The lowest BCUT2D eigenvalue weighted by Gasteiger charge is -2.22. The van der Waals surface area contributed by atoms with E-state index in [2.05, 4.69) is 27.8 Å². The predicted octanol–water partition coefficient (Wildman–Crippen LogP) is 3.20. The summed E-state index contributed by atoms with van der Waals surface area (Å²) in [5, 5.41) is 7.17. The minimum Gasteiger partial charge on any atom is -0.358 e. The van der Waals surface area contributed by atoms with Crippen molar-refractivity contribution < 1.29 is 13.6 Å². The highest BCUT2D eigenvalue weighted by molar-refractivity contribution is 5.87. The van der Waals surface area contributed by atoms with Gasteiger partial charge in [0, 0.05) is 36.3 Å². The lowest BCUT2D eigenvalue weighted by molar-refractivity contribution is -0.122. The molecular formula is C20H21F2N3O. The molecule has 4 nitrogen and oxygen atoms in total. The van der Waals surface area contributed by atoms with Crippen LogP contribution in [0.1, 0.15) is 16.8 Å². The molecule has 4 rings (SSSR count). The van der Waals surface area contributed by atoms with Gasteiger partial charge in [-0.15, -0.1) is 0 Å². The molecule has 1 amide bonds. The number of benzene rings is 2. The Balaban J connectivity index is 0.000000185. The quantitative estimate of drug-likeness (QED) is 0.626. The molecule has 3 N–H and O–H groups in total. The second-order valence-corrected chi connectivity index (χ2v) is 6.33. The summed E-state index contributed by atoms with van der Waals surface area (Å²) in [4.78, 5) is 15.1. The first kappa shape index (κ1) is 18.1. The van der Waals surface area contributed by atoms with Crippen molar-refractivity contribution in [2.75, 3.05) is 7.05 Å². The molecule has 1 aliphatic rings. The van der Waals surface area contributed by atoms with Crippen LogP contribution < -0.4 is 10.6 Å². The molecule has 0 spiro atoms. The maximum atomic E-state index is 12.2. The van der Waals surface area contributed by atoms with Gasteiger partial charge < -0.3 is 10.3 Å². The molecule has 2 heterocycles. The maximum absolute atomic E-state index is 12.2. The van der Waals surface area contributed by atoms with Crippen molar-refractivity contribution in [3.05, 3.63) is 70.9 Å². The number of hydrogen-bond acceptors (Lipinski definition) is 2. The molecule has 0 saturated carbocycles. The second-order valence-electron chi connectivity index (χ2n) is 6.33. The van der Waals surface area contributed by atoms with Crippen molar-refractivity contribution in [1.82, 2.24) is 15.6 Å². The van der Waals surface area contributed by atoms with Crippen molar-refractivity contribution >= 4 is 16.8 Å². The first-order chi connectivity index (χ1) is 12.5. The number of hydrogen-bond donors (Lipinski definition) is 3. The average molecular weight is 357 g/mol. The van der Waals surface area contributed by atoms with Gasteiger partial charge in [0.2, 0.25) is 5.91 Å². The summed E-state index contributed by atoms with van der Waals surface area (Å²) in [6, 6.07) is 11.5. The first-order valence-electron chi connectivity index (χ1n) is 8.44. The minimum absolute atomic E-state index is 0.0564. The number of nitrogens with one attached hydrogen (secondary N) is 3. The van der Waals surface area contributed by atoms with Gasteiger partial charge in [0.25, 0.3) is 0 Å². The fraction of sp³-hybridized carbons (Fsp3) is 0.250. The summed E-state index contributed by atoms with van der Waals surface area (Å²) in [5.74, 6) is -0.985. The third-order valence-corrected chi connectivity index (χ3v) is 4.41. The zero-order chi connectivity index (χ0) is 18.7. The van der Waals surface area contributed by atoms with Crippen LogP contribution in [0.3, 0.4) is 0 Å². The molecule has 0 fully saturated rings. The third-order valence-electron chi connectivity index (χ3n) is 4.41. The van der Waals surface area contributed by atoms with Gasteiger partial charge >= 0.3 is 0 Å². The van der Waals surface area contributed by atoms with Crippen molar-refractivity contribution in [3.63, 3.8) is 0 Å². The van der Waals surface area contributed by atoms with E-state index in [1.54, 1.807) is 14.0 Å². The zero-order valence-corrected chi connectivity index (χ0v) is 14.7. The van der Waals surface area contributed by atoms with Gasteiger partial charge in [0.05, 0.1) is 6.04 Å².